The monoisotopic (exact) mass is 941 g/mol. The molecule has 72 heavy (non-hydrogen) atoms. The summed E-state index contributed by atoms with van der Waals surface area (Å²) in [7, 11) is 0. The maximum Gasteiger partial charge on any atom is 0.140 e. The molecule has 0 N–H and O–H groups in total. The van der Waals surface area contributed by atoms with Gasteiger partial charge < -0.3 is 18.6 Å². The molecule has 0 aliphatic rings. The van der Waals surface area contributed by atoms with Crippen LogP contribution < -0.4 is 9.80 Å². The van der Waals surface area contributed by atoms with Gasteiger partial charge in [0.1, 0.15) is 28.4 Å². The largest absolute Gasteiger partial charge is 0.456 e. The highest BCUT2D eigenvalue weighted by atomic mass is 16.3. The summed E-state index contributed by atoms with van der Waals surface area (Å²) < 4.78 is 13.5. The SMILES string of the molecule is CC(C)(C)c1ccccc1N(c1ccc2cc3c(cc2c1)oc1cc2oc4cc5cc(N(c6ccccc6C(C)(C)C)c6ccccc6C(C)(C)C)ccc5cc4c2c(C#N)c13)c1ccccc1C(C)(C)C. The summed E-state index contributed by atoms with van der Waals surface area (Å²) in [6.45, 7) is 27.4. The van der Waals surface area contributed by atoms with Crippen LogP contribution in [0.3, 0.4) is 0 Å². The third-order valence-corrected chi connectivity index (χ3v) is 14.5. The number of fused-ring (bicyclic) bond motifs is 8. The lowest BCUT2D eigenvalue weighted by molar-refractivity contribution is 0.586. The van der Waals surface area contributed by atoms with Crippen molar-refractivity contribution in [2.45, 2.75) is 105 Å². The van der Waals surface area contributed by atoms with Crippen molar-refractivity contribution in [2.24, 2.45) is 0 Å². The van der Waals surface area contributed by atoms with Crippen LogP contribution in [0.1, 0.15) is 111 Å². The van der Waals surface area contributed by atoms with Crippen molar-refractivity contribution in [3.8, 4) is 6.07 Å². The standard InChI is InChI=1S/C67H63N3O2/c1-64(2,3)50-21-13-17-25-54(50)69(55-26-18-14-22-51(55)65(4,5)6)45-31-29-41-35-47-58(37-43(41)33-45)71-60-39-61-63(49(40-68)62(47)60)48-36-42-30-32-46(34-44(42)38-59(48)72-61)70(56-27-19-15-23-52(56)66(7,8)9)57-28-20-16-24-53(57)67(10,11)12/h13-39H,1-12H3. The summed E-state index contributed by atoms with van der Waals surface area (Å²) in [5.41, 5.74) is 14.7. The Morgan fingerprint density at radius 2 is 0.667 bits per heavy atom. The highest BCUT2D eigenvalue weighted by Gasteiger charge is 2.30. The van der Waals surface area contributed by atoms with Crippen molar-refractivity contribution in [1.82, 2.24) is 0 Å². The van der Waals surface area contributed by atoms with E-state index >= 15 is 0 Å². The Bertz CT molecular complexity index is 3630. The molecule has 2 heterocycles. The van der Waals surface area contributed by atoms with Crippen molar-refractivity contribution in [3.05, 3.63) is 192 Å². The van der Waals surface area contributed by atoms with Gasteiger partial charge in [0.15, 0.2) is 0 Å². The first kappa shape index (κ1) is 46.6. The number of rotatable bonds is 6. The first-order valence-corrected chi connectivity index (χ1v) is 25.3. The molecular weight excluding hydrogens is 879 g/mol. The van der Waals surface area contributed by atoms with Gasteiger partial charge in [0.25, 0.3) is 0 Å². The molecule has 0 saturated carbocycles. The quantitative estimate of drug-likeness (QED) is 0.166. The van der Waals surface area contributed by atoms with Crippen LogP contribution in [0.4, 0.5) is 34.1 Å². The van der Waals surface area contributed by atoms with Crippen LogP contribution in [0.5, 0.6) is 0 Å². The summed E-state index contributed by atoms with van der Waals surface area (Å²) in [5.74, 6) is 0. The Kier molecular flexibility index (Phi) is 10.8. The molecule has 11 aromatic rings. The van der Waals surface area contributed by atoms with Gasteiger partial charge >= 0.3 is 0 Å². The molecule has 5 nitrogen and oxygen atoms in total. The van der Waals surface area contributed by atoms with Gasteiger partial charge in [-0.3, -0.25) is 0 Å². The van der Waals surface area contributed by atoms with Gasteiger partial charge in [-0.1, -0.05) is 168 Å². The van der Waals surface area contributed by atoms with Crippen LogP contribution in [0.15, 0.2) is 173 Å². The van der Waals surface area contributed by atoms with E-state index in [4.69, 9.17) is 8.83 Å². The third-order valence-electron chi connectivity index (χ3n) is 14.5. The van der Waals surface area contributed by atoms with Crippen molar-refractivity contribution in [3.63, 3.8) is 0 Å². The number of hydrogen-bond acceptors (Lipinski definition) is 5. The van der Waals surface area contributed by atoms with Gasteiger partial charge in [-0.05, 0) is 138 Å². The van der Waals surface area contributed by atoms with E-state index in [-0.39, 0.29) is 21.7 Å². The van der Waals surface area contributed by atoms with E-state index < -0.39 is 0 Å². The molecule has 0 bridgehead atoms. The lowest BCUT2D eigenvalue weighted by Gasteiger charge is -2.35. The fraction of sp³-hybridized carbons (Fsp3) is 0.239. The fourth-order valence-corrected chi connectivity index (χ4v) is 11.1. The number of hydrogen-bond donors (Lipinski definition) is 0. The topological polar surface area (TPSA) is 56.6 Å². The van der Waals surface area contributed by atoms with Gasteiger partial charge in [0, 0.05) is 61.7 Å². The molecule has 0 aliphatic heterocycles. The van der Waals surface area contributed by atoms with Crippen LogP contribution in [-0.2, 0) is 21.7 Å². The molecule has 0 radical (unpaired) electrons. The van der Waals surface area contributed by atoms with E-state index in [0.29, 0.717) is 16.7 Å². The Balaban J connectivity index is 1.06. The molecule has 0 saturated heterocycles. The smallest absolute Gasteiger partial charge is 0.140 e. The van der Waals surface area contributed by atoms with Gasteiger partial charge in [-0.2, -0.15) is 5.26 Å². The van der Waals surface area contributed by atoms with Crippen LogP contribution in [-0.4, -0.2) is 0 Å². The van der Waals surface area contributed by atoms with Crippen LogP contribution in [0, 0.1) is 11.3 Å². The Morgan fingerprint density at radius 3 is 0.972 bits per heavy atom. The second-order valence-corrected chi connectivity index (χ2v) is 23.8. The van der Waals surface area contributed by atoms with Crippen molar-refractivity contribution >= 4 is 99.5 Å². The van der Waals surface area contributed by atoms with E-state index in [2.05, 4.69) is 257 Å². The normalized spacial score (nSPS) is 12.7. The second kappa shape index (κ2) is 16.6. The van der Waals surface area contributed by atoms with Crippen LogP contribution >= 0.6 is 0 Å². The lowest BCUT2D eigenvalue weighted by Crippen LogP contribution is -2.22. The highest BCUT2D eigenvalue weighted by molar-refractivity contribution is 6.22. The molecule has 0 unspecified atom stereocenters. The predicted octanol–water partition coefficient (Wildman–Crippen LogP) is 19.8. The van der Waals surface area contributed by atoms with E-state index in [9.17, 15) is 5.26 Å². The lowest BCUT2D eigenvalue weighted by atomic mass is 9.83. The van der Waals surface area contributed by atoms with Gasteiger partial charge in [0.05, 0.1) is 5.56 Å². The zero-order chi connectivity index (χ0) is 50.6. The van der Waals surface area contributed by atoms with Gasteiger partial charge in [-0.15, -0.1) is 0 Å². The molecule has 0 amide bonds. The number of anilines is 6. The maximum atomic E-state index is 11.1. The number of furan rings is 2. The summed E-state index contributed by atoms with van der Waals surface area (Å²) in [6, 6.07) is 61.7. The average molecular weight is 942 g/mol. The van der Waals surface area contributed by atoms with Crippen molar-refractivity contribution in [2.75, 3.05) is 9.80 Å². The Morgan fingerprint density at radius 1 is 0.347 bits per heavy atom. The molecule has 5 heteroatoms. The Hall–Kier alpha value is -7.81. The van der Waals surface area contributed by atoms with E-state index in [1.165, 1.54) is 22.3 Å². The van der Waals surface area contributed by atoms with Crippen LogP contribution in [0.25, 0.3) is 65.4 Å². The van der Waals surface area contributed by atoms with E-state index in [0.717, 1.165) is 88.4 Å². The number of nitrogens with zero attached hydrogens (tertiary/aromatic N) is 3. The minimum absolute atomic E-state index is 0.0943. The summed E-state index contributed by atoms with van der Waals surface area (Å²) in [4.78, 5) is 4.85. The predicted molar refractivity (Wildman–Crippen MR) is 305 cm³/mol. The number of para-hydroxylation sites is 4. The van der Waals surface area contributed by atoms with Crippen LogP contribution in [0.2, 0.25) is 0 Å². The summed E-state index contributed by atoms with van der Waals surface area (Å²) in [5, 5.41) is 18.8. The first-order chi connectivity index (χ1) is 34.2. The van der Waals surface area contributed by atoms with Crippen molar-refractivity contribution in [1.29, 1.82) is 5.26 Å². The molecular formula is C67H63N3O2. The minimum Gasteiger partial charge on any atom is -0.456 e. The molecule has 9 aromatic carbocycles. The average Bonchev–Trinajstić information content (AvgIpc) is 3.87. The first-order valence-electron chi connectivity index (χ1n) is 25.3. The maximum absolute atomic E-state index is 11.1. The minimum atomic E-state index is -0.0943. The van der Waals surface area contributed by atoms with Crippen molar-refractivity contribution < 1.29 is 8.83 Å². The molecule has 0 aliphatic carbocycles. The molecule has 0 fully saturated rings. The van der Waals surface area contributed by atoms with E-state index in [1.54, 1.807) is 0 Å². The summed E-state index contributed by atoms with van der Waals surface area (Å²) >= 11 is 0. The number of benzene rings is 9. The molecule has 0 spiro atoms. The van der Waals surface area contributed by atoms with Gasteiger partial charge in [0.2, 0.25) is 0 Å². The highest BCUT2D eigenvalue weighted by Crippen LogP contribution is 2.49. The molecule has 2 aromatic heterocycles. The number of nitriles is 1. The van der Waals surface area contributed by atoms with Gasteiger partial charge in [-0.25, -0.2) is 0 Å². The van der Waals surface area contributed by atoms with E-state index in [1.807, 2.05) is 6.07 Å². The Labute approximate surface area is 423 Å². The summed E-state index contributed by atoms with van der Waals surface area (Å²) in [6.07, 6.45) is 0. The molecule has 358 valence electrons. The second-order valence-electron chi connectivity index (χ2n) is 23.8. The molecule has 0 atom stereocenters. The zero-order valence-corrected chi connectivity index (χ0v) is 43.7. The molecule has 11 rings (SSSR count). The zero-order valence-electron chi connectivity index (χ0n) is 43.7. The fourth-order valence-electron chi connectivity index (χ4n) is 11.1. The third kappa shape index (κ3) is 7.85.